The molecule has 2 unspecified atom stereocenters. The summed E-state index contributed by atoms with van der Waals surface area (Å²) in [7, 11) is 5.35. The zero-order chi connectivity index (χ0) is 35.7. The molecule has 0 heterocycles. The quantitative estimate of drug-likeness (QED) is 0.0256. The van der Waals surface area contributed by atoms with Crippen LogP contribution in [0.3, 0.4) is 0 Å². The second-order valence-electron chi connectivity index (χ2n) is 12.8. The lowest BCUT2D eigenvalue weighted by Gasteiger charge is -2.34. The van der Waals surface area contributed by atoms with Gasteiger partial charge in [-0.2, -0.15) is 0 Å². The highest BCUT2D eigenvalue weighted by atomic mass is 16.6. The van der Waals surface area contributed by atoms with Crippen LogP contribution in [-0.4, -0.2) is 75.5 Å². The SMILES string of the molecule is CC/C=C/C=C/C=C/C=C/C=C/CCCC(=O)OC(COCCC(C(=O)[O-])[N+](C)(C)C)COC(=O)CCCCCCC/C=C/CCCC. The second kappa shape index (κ2) is 31.1. The van der Waals surface area contributed by atoms with E-state index in [-0.39, 0.29) is 43.1 Å². The molecule has 0 spiro atoms. The van der Waals surface area contributed by atoms with E-state index in [0.717, 1.165) is 44.9 Å². The van der Waals surface area contributed by atoms with Crippen LogP contribution >= 0.6 is 0 Å². The van der Waals surface area contributed by atoms with Gasteiger partial charge in [0.2, 0.25) is 0 Å². The molecule has 272 valence electrons. The molecule has 0 aliphatic rings. The highest BCUT2D eigenvalue weighted by Gasteiger charge is 2.25. The zero-order valence-electron chi connectivity index (χ0n) is 30.6. The summed E-state index contributed by atoms with van der Waals surface area (Å²) in [4.78, 5) is 36.5. The van der Waals surface area contributed by atoms with E-state index in [0.29, 0.717) is 19.3 Å². The number of carbonyl (C=O) groups is 3. The van der Waals surface area contributed by atoms with Crippen molar-refractivity contribution < 1.29 is 38.2 Å². The van der Waals surface area contributed by atoms with Gasteiger partial charge in [0.25, 0.3) is 0 Å². The third-order valence-electron chi connectivity index (χ3n) is 7.45. The Kier molecular flexibility index (Phi) is 29.0. The van der Waals surface area contributed by atoms with Crippen LogP contribution in [0.15, 0.2) is 72.9 Å². The number of likely N-dealkylation sites (N-methyl/N-ethyl adjacent to an activating group) is 1. The van der Waals surface area contributed by atoms with Gasteiger partial charge < -0.3 is 28.6 Å². The average Bonchev–Trinajstić information content (AvgIpc) is 3.03. The topological polar surface area (TPSA) is 102 Å². The number of aliphatic carboxylic acids is 1. The first-order valence-electron chi connectivity index (χ1n) is 18.0. The minimum atomic E-state index is -1.14. The maximum atomic E-state index is 12.6. The van der Waals surface area contributed by atoms with Gasteiger partial charge in [-0.3, -0.25) is 9.59 Å². The Labute approximate surface area is 291 Å². The number of nitrogens with zero attached hydrogens (tertiary/aromatic N) is 1. The lowest BCUT2D eigenvalue weighted by molar-refractivity contribution is -0.889. The minimum Gasteiger partial charge on any atom is -0.544 e. The summed E-state index contributed by atoms with van der Waals surface area (Å²) in [5.74, 6) is -1.86. The molecular formula is C40H65NO7. The van der Waals surface area contributed by atoms with Crippen molar-refractivity contribution >= 4 is 17.9 Å². The van der Waals surface area contributed by atoms with E-state index in [1.54, 1.807) is 21.1 Å². The molecule has 0 saturated heterocycles. The van der Waals surface area contributed by atoms with Crippen LogP contribution < -0.4 is 5.11 Å². The Morgan fingerprint density at radius 1 is 0.646 bits per heavy atom. The average molecular weight is 672 g/mol. The van der Waals surface area contributed by atoms with Crippen LogP contribution in [0.2, 0.25) is 0 Å². The van der Waals surface area contributed by atoms with Crippen molar-refractivity contribution in [3.63, 3.8) is 0 Å². The van der Waals surface area contributed by atoms with Gasteiger partial charge in [-0.25, -0.2) is 0 Å². The van der Waals surface area contributed by atoms with Crippen molar-refractivity contribution in [2.45, 2.75) is 122 Å². The van der Waals surface area contributed by atoms with E-state index in [1.807, 2.05) is 54.7 Å². The third kappa shape index (κ3) is 29.0. The van der Waals surface area contributed by atoms with Gasteiger partial charge in [0.15, 0.2) is 6.10 Å². The molecule has 8 nitrogen and oxygen atoms in total. The van der Waals surface area contributed by atoms with Crippen molar-refractivity contribution in [3.8, 4) is 0 Å². The molecular weight excluding hydrogens is 606 g/mol. The summed E-state index contributed by atoms with van der Waals surface area (Å²) >= 11 is 0. The van der Waals surface area contributed by atoms with Crippen LogP contribution in [0.4, 0.5) is 0 Å². The number of esters is 2. The van der Waals surface area contributed by atoms with Gasteiger partial charge in [0.05, 0.1) is 40.3 Å². The van der Waals surface area contributed by atoms with Gasteiger partial charge >= 0.3 is 11.9 Å². The number of allylic oxidation sites excluding steroid dienone is 12. The van der Waals surface area contributed by atoms with Gasteiger partial charge in [-0.15, -0.1) is 0 Å². The van der Waals surface area contributed by atoms with E-state index < -0.39 is 24.1 Å². The molecule has 0 aromatic rings. The van der Waals surface area contributed by atoms with E-state index >= 15 is 0 Å². The fraction of sp³-hybridized carbons (Fsp3) is 0.625. The van der Waals surface area contributed by atoms with E-state index in [4.69, 9.17) is 14.2 Å². The number of carboxylic acids is 1. The molecule has 0 aromatic carbocycles. The number of unbranched alkanes of at least 4 members (excludes halogenated alkanes) is 8. The fourth-order valence-electron chi connectivity index (χ4n) is 4.61. The molecule has 0 saturated carbocycles. The molecule has 0 amide bonds. The summed E-state index contributed by atoms with van der Waals surface area (Å²) < 4.78 is 16.9. The maximum Gasteiger partial charge on any atom is 0.306 e. The summed E-state index contributed by atoms with van der Waals surface area (Å²) in [5.41, 5.74) is 0. The molecule has 0 aliphatic carbocycles. The van der Waals surface area contributed by atoms with Crippen molar-refractivity contribution in [3.05, 3.63) is 72.9 Å². The maximum absolute atomic E-state index is 12.6. The van der Waals surface area contributed by atoms with Crippen molar-refractivity contribution in [1.29, 1.82) is 0 Å². The normalized spacial score (nSPS) is 13.9. The molecule has 0 fully saturated rings. The van der Waals surface area contributed by atoms with Crippen LogP contribution in [0.25, 0.3) is 0 Å². The van der Waals surface area contributed by atoms with Gasteiger partial charge in [-0.05, 0) is 44.9 Å². The molecule has 48 heavy (non-hydrogen) atoms. The van der Waals surface area contributed by atoms with Gasteiger partial charge in [0.1, 0.15) is 12.6 Å². The molecule has 0 radical (unpaired) electrons. The molecule has 0 bridgehead atoms. The van der Waals surface area contributed by atoms with Gasteiger partial charge in [0, 0.05) is 19.3 Å². The molecule has 8 heteroatoms. The number of hydrogen-bond acceptors (Lipinski definition) is 7. The van der Waals surface area contributed by atoms with Gasteiger partial charge in [-0.1, -0.05) is 119 Å². The zero-order valence-corrected chi connectivity index (χ0v) is 30.6. The predicted molar refractivity (Wildman–Crippen MR) is 194 cm³/mol. The number of carboxylic acid groups (broad SMARTS) is 1. The van der Waals surface area contributed by atoms with Crippen LogP contribution in [0.1, 0.15) is 110 Å². The van der Waals surface area contributed by atoms with E-state index in [2.05, 4.69) is 32.1 Å². The monoisotopic (exact) mass is 671 g/mol. The van der Waals surface area contributed by atoms with Crippen molar-refractivity contribution in [2.24, 2.45) is 0 Å². The Balaban J connectivity index is 4.63. The van der Waals surface area contributed by atoms with Crippen molar-refractivity contribution in [1.82, 2.24) is 0 Å². The number of quaternary nitrogens is 1. The third-order valence-corrected chi connectivity index (χ3v) is 7.45. The van der Waals surface area contributed by atoms with E-state index in [9.17, 15) is 19.5 Å². The largest absolute Gasteiger partial charge is 0.544 e. The molecule has 0 aliphatic heterocycles. The summed E-state index contributed by atoms with van der Waals surface area (Å²) in [6.45, 7) is 4.34. The van der Waals surface area contributed by atoms with Crippen LogP contribution in [0, 0.1) is 0 Å². The summed E-state index contributed by atoms with van der Waals surface area (Å²) in [5, 5.41) is 11.6. The Morgan fingerprint density at radius 2 is 1.21 bits per heavy atom. The Bertz CT molecular complexity index is 1020. The lowest BCUT2D eigenvalue weighted by atomic mass is 10.1. The lowest BCUT2D eigenvalue weighted by Crippen LogP contribution is -2.55. The standard InChI is InChI=1S/C40H65NO7/c1-6-8-10-12-14-16-18-19-21-23-25-27-29-31-39(43)48-36(34-46-33-32-37(40(44)45)41(3,4)5)35-47-38(42)30-28-26-24-22-20-17-15-13-11-9-7-2/h8,10,12-16,18-19,21,23,25,36-37H,6-7,9,11,17,20,22,24,26-35H2,1-5H3/b10-8+,14-12+,15-13+,18-16+,21-19+,25-23+. The fourth-order valence-corrected chi connectivity index (χ4v) is 4.61. The summed E-state index contributed by atoms with van der Waals surface area (Å²) in [6, 6.07) is -0.741. The summed E-state index contributed by atoms with van der Waals surface area (Å²) in [6.07, 6.45) is 36.5. The van der Waals surface area contributed by atoms with Crippen LogP contribution in [-0.2, 0) is 28.6 Å². The smallest absolute Gasteiger partial charge is 0.306 e. The minimum absolute atomic E-state index is 0.00508. The molecule has 2 atom stereocenters. The second-order valence-corrected chi connectivity index (χ2v) is 12.8. The molecule has 0 rings (SSSR count). The molecule has 0 N–H and O–H groups in total. The number of rotatable bonds is 30. The number of hydrogen-bond donors (Lipinski definition) is 0. The number of ether oxygens (including phenoxy) is 3. The Morgan fingerprint density at radius 3 is 1.83 bits per heavy atom. The first kappa shape index (κ1) is 44.8. The molecule has 0 aromatic heterocycles. The first-order chi connectivity index (χ1) is 23.1. The predicted octanol–water partition coefficient (Wildman–Crippen LogP) is 7.51. The highest BCUT2D eigenvalue weighted by Crippen LogP contribution is 2.11. The Hall–Kier alpha value is -3.23. The highest BCUT2D eigenvalue weighted by molar-refractivity contribution is 5.70. The van der Waals surface area contributed by atoms with Crippen molar-refractivity contribution in [2.75, 3.05) is 41.0 Å². The number of carbonyl (C=O) groups excluding carboxylic acids is 3. The van der Waals surface area contributed by atoms with E-state index in [1.165, 1.54) is 19.3 Å². The van der Waals surface area contributed by atoms with Crippen LogP contribution in [0.5, 0.6) is 0 Å². The first-order valence-corrected chi connectivity index (χ1v) is 18.0.